The van der Waals surface area contributed by atoms with Gasteiger partial charge < -0.3 is 0 Å². The molecule has 0 bridgehead atoms. The van der Waals surface area contributed by atoms with Crippen molar-refractivity contribution in [2.45, 2.75) is 4.90 Å². The Bertz CT molecular complexity index is 661. The molecule has 0 atom stereocenters. The predicted octanol–water partition coefficient (Wildman–Crippen LogP) is 3.53. The normalized spacial score (nSPS) is 10.2. The van der Waals surface area contributed by atoms with Gasteiger partial charge >= 0.3 is 0 Å². The van der Waals surface area contributed by atoms with Crippen LogP contribution in [0.1, 0.15) is 10.4 Å². The largest absolute Gasteiger partial charge is 0.292 e. The summed E-state index contributed by atoms with van der Waals surface area (Å²) in [6.45, 7) is 0. The van der Waals surface area contributed by atoms with E-state index in [1.54, 1.807) is 30.3 Å². The zero-order valence-electron chi connectivity index (χ0n) is 10.8. The van der Waals surface area contributed by atoms with Gasteiger partial charge in [0.1, 0.15) is 5.82 Å². The highest BCUT2D eigenvalue weighted by atomic mass is 35.5. The maximum Gasteiger partial charge on any atom is 0.257 e. The van der Waals surface area contributed by atoms with Crippen LogP contribution in [0.4, 0.5) is 4.39 Å². The van der Waals surface area contributed by atoms with Gasteiger partial charge in [-0.1, -0.05) is 23.7 Å². The van der Waals surface area contributed by atoms with Crippen LogP contribution in [0.3, 0.4) is 0 Å². The van der Waals surface area contributed by atoms with E-state index >= 15 is 0 Å². The minimum atomic E-state index is -0.509. The van der Waals surface area contributed by atoms with E-state index in [9.17, 15) is 14.0 Å². The van der Waals surface area contributed by atoms with Crippen molar-refractivity contribution in [1.82, 2.24) is 5.32 Å². The third kappa shape index (κ3) is 4.58. The Kier molecular flexibility index (Phi) is 5.36. The Labute approximate surface area is 130 Å². The van der Waals surface area contributed by atoms with Crippen LogP contribution in [0, 0.1) is 5.82 Å². The van der Waals surface area contributed by atoms with Gasteiger partial charge in [-0.2, -0.15) is 0 Å². The van der Waals surface area contributed by atoms with Gasteiger partial charge in [0.05, 0.1) is 5.75 Å². The first-order chi connectivity index (χ1) is 10.1. The Morgan fingerprint density at radius 3 is 2.43 bits per heavy atom. The van der Waals surface area contributed by atoms with E-state index in [-0.39, 0.29) is 11.6 Å². The molecule has 0 radical (unpaired) electrons. The van der Waals surface area contributed by atoms with Gasteiger partial charge in [-0.15, -0.1) is 11.8 Å². The second-order valence-electron chi connectivity index (χ2n) is 4.10. The molecule has 0 spiro atoms. The Morgan fingerprint density at radius 2 is 1.76 bits per heavy atom. The predicted molar refractivity (Wildman–Crippen MR) is 81.0 cm³/mol. The van der Waals surface area contributed by atoms with E-state index in [0.717, 1.165) is 11.8 Å². The van der Waals surface area contributed by atoms with E-state index in [2.05, 4.69) is 5.32 Å². The highest BCUT2D eigenvalue weighted by Crippen LogP contribution is 2.20. The second-order valence-corrected chi connectivity index (χ2v) is 5.56. The average Bonchev–Trinajstić information content (AvgIpc) is 2.47. The maximum atomic E-state index is 13.4. The lowest BCUT2D eigenvalue weighted by atomic mass is 10.2. The number of hydrogen-bond acceptors (Lipinski definition) is 3. The summed E-state index contributed by atoms with van der Waals surface area (Å²) in [4.78, 5) is 23.8. The molecule has 0 fully saturated rings. The van der Waals surface area contributed by atoms with Crippen molar-refractivity contribution in [1.29, 1.82) is 0 Å². The van der Waals surface area contributed by atoms with Crippen molar-refractivity contribution in [3.8, 4) is 0 Å². The summed E-state index contributed by atoms with van der Waals surface area (Å²) in [5.41, 5.74) is 0.337. The van der Waals surface area contributed by atoms with E-state index in [1.165, 1.54) is 18.2 Å². The molecule has 6 heteroatoms. The number of imide groups is 1. The molecular formula is C15H11ClFNO2S. The molecule has 21 heavy (non-hydrogen) atoms. The zero-order valence-corrected chi connectivity index (χ0v) is 12.4. The lowest BCUT2D eigenvalue weighted by Crippen LogP contribution is -2.31. The molecule has 2 aromatic rings. The van der Waals surface area contributed by atoms with E-state index in [4.69, 9.17) is 11.6 Å². The molecule has 0 aliphatic rings. The number of benzene rings is 2. The number of thioether (sulfide) groups is 1. The monoisotopic (exact) mass is 323 g/mol. The van der Waals surface area contributed by atoms with Gasteiger partial charge in [0.2, 0.25) is 5.91 Å². The van der Waals surface area contributed by atoms with Crippen LogP contribution in [0.15, 0.2) is 53.4 Å². The highest BCUT2D eigenvalue weighted by molar-refractivity contribution is 8.00. The van der Waals surface area contributed by atoms with E-state index in [1.807, 2.05) is 0 Å². The molecule has 0 aliphatic carbocycles. The van der Waals surface area contributed by atoms with Crippen LogP contribution in [0.5, 0.6) is 0 Å². The van der Waals surface area contributed by atoms with Crippen molar-refractivity contribution in [2.75, 3.05) is 5.75 Å². The molecular weight excluding hydrogens is 313 g/mol. The molecule has 0 unspecified atom stereocenters. The van der Waals surface area contributed by atoms with Crippen molar-refractivity contribution < 1.29 is 14.0 Å². The number of hydrogen-bond donors (Lipinski definition) is 1. The van der Waals surface area contributed by atoms with Crippen LogP contribution in [-0.4, -0.2) is 17.6 Å². The summed E-state index contributed by atoms with van der Waals surface area (Å²) < 4.78 is 13.4. The molecule has 0 saturated heterocycles. The number of nitrogens with one attached hydrogen (secondary N) is 1. The van der Waals surface area contributed by atoms with Gasteiger partial charge in [0, 0.05) is 15.5 Å². The van der Waals surface area contributed by atoms with Crippen LogP contribution < -0.4 is 5.32 Å². The molecule has 0 aromatic heterocycles. The fraction of sp³-hybridized carbons (Fsp3) is 0.0667. The van der Waals surface area contributed by atoms with Gasteiger partial charge in [-0.25, -0.2) is 4.39 Å². The molecule has 2 amide bonds. The molecule has 0 aliphatic heterocycles. The zero-order chi connectivity index (χ0) is 15.2. The summed E-state index contributed by atoms with van der Waals surface area (Å²) in [6.07, 6.45) is 0. The maximum absolute atomic E-state index is 13.4. The standard InChI is InChI=1S/C15H11ClFNO2S/c16-11-7-5-10(6-8-11)15(20)18-14(19)9-21-13-4-2-1-3-12(13)17/h1-8H,9H2,(H,18,19,20). The third-order valence-corrected chi connectivity index (χ3v) is 3.86. The number of carbonyl (C=O) groups excluding carboxylic acids is 2. The van der Waals surface area contributed by atoms with E-state index in [0.29, 0.717) is 15.5 Å². The molecule has 108 valence electrons. The topological polar surface area (TPSA) is 46.2 Å². The fourth-order valence-electron chi connectivity index (χ4n) is 1.54. The average molecular weight is 324 g/mol. The molecule has 2 rings (SSSR count). The van der Waals surface area contributed by atoms with Gasteiger partial charge in [0.15, 0.2) is 0 Å². The van der Waals surface area contributed by atoms with Gasteiger partial charge in [0.25, 0.3) is 5.91 Å². The smallest absolute Gasteiger partial charge is 0.257 e. The molecule has 0 heterocycles. The van der Waals surface area contributed by atoms with Crippen molar-refractivity contribution >= 4 is 35.2 Å². The van der Waals surface area contributed by atoms with Crippen molar-refractivity contribution in [3.63, 3.8) is 0 Å². The third-order valence-electron chi connectivity index (χ3n) is 2.55. The lowest BCUT2D eigenvalue weighted by molar-refractivity contribution is -0.117. The second kappa shape index (κ2) is 7.24. The quantitative estimate of drug-likeness (QED) is 0.876. The number of rotatable bonds is 4. The summed E-state index contributed by atoms with van der Waals surface area (Å²) >= 11 is 6.75. The first-order valence-electron chi connectivity index (χ1n) is 6.03. The van der Waals surface area contributed by atoms with E-state index < -0.39 is 11.8 Å². The SMILES string of the molecule is O=C(CSc1ccccc1F)NC(=O)c1ccc(Cl)cc1. The van der Waals surface area contributed by atoms with Crippen LogP contribution in [0.25, 0.3) is 0 Å². The minimum Gasteiger partial charge on any atom is -0.292 e. The summed E-state index contributed by atoms with van der Waals surface area (Å²) in [5, 5.41) is 2.75. The minimum absolute atomic E-state index is 0.0414. The molecule has 1 N–H and O–H groups in total. The summed E-state index contributed by atoms with van der Waals surface area (Å²) in [5.74, 6) is -1.42. The van der Waals surface area contributed by atoms with Crippen molar-refractivity contribution in [2.24, 2.45) is 0 Å². The van der Waals surface area contributed by atoms with Crippen LogP contribution >= 0.6 is 23.4 Å². The molecule has 0 saturated carbocycles. The lowest BCUT2D eigenvalue weighted by Gasteiger charge is -2.05. The number of amides is 2. The molecule has 3 nitrogen and oxygen atoms in total. The fourth-order valence-corrected chi connectivity index (χ4v) is 2.41. The van der Waals surface area contributed by atoms with Crippen LogP contribution in [-0.2, 0) is 4.79 Å². The number of carbonyl (C=O) groups is 2. The van der Waals surface area contributed by atoms with Gasteiger partial charge in [-0.3, -0.25) is 14.9 Å². The summed E-state index contributed by atoms with van der Waals surface area (Å²) in [7, 11) is 0. The highest BCUT2D eigenvalue weighted by Gasteiger charge is 2.11. The Morgan fingerprint density at radius 1 is 1.10 bits per heavy atom. The van der Waals surface area contributed by atoms with Crippen molar-refractivity contribution in [3.05, 3.63) is 64.9 Å². The first kappa shape index (κ1) is 15.5. The Balaban J connectivity index is 1.88. The first-order valence-corrected chi connectivity index (χ1v) is 7.39. The Hall–Kier alpha value is -1.85. The number of halogens is 2. The van der Waals surface area contributed by atoms with Crippen LogP contribution in [0.2, 0.25) is 5.02 Å². The summed E-state index contributed by atoms with van der Waals surface area (Å²) in [6, 6.07) is 12.3. The molecule has 2 aromatic carbocycles. The van der Waals surface area contributed by atoms with Gasteiger partial charge in [-0.05, 0) is 36.4 Å².